The number of nitrogens with two attached hydrogens (primary N) is 1. The van der Waals surface area contributed by atoms with Gasteiger partial charge in [-0.05, 0) is 32.1 Å². The van der Waals surface area contributed by atoms with E-state index in [0.717, 1.165) is 19.4 Å². The summed E-state index contributed by atoms with van der Waals surface area (Å²) in [6, 6.07) is 0.442. The first kappa shape index (κ1) is 13.5. The fraction of sp³-hybridized carbons (Fsp3) is 0.917. The van der Waals surface area contributed by atoms with Crippen molar-refractivity contribution < 1.29 is 4.79 Å². The summed E-state index contributed by atoms with van der Waals surface area (Å²) in [5.41, 5.74) is 2.30. The molecular weight excluding hydrogens is 202 g/mol. The van der Waals surface area contributed by atoms with Crippen LogP contribution in [0.25, 0.3) is 0 Å². The van der Waals surface area contributed by atoms with Gasteiger partial charge in [-0.2, -0.15) is 0 Å². The first-order valence-corrected chi connectivity index (χ1v) is 6.36. The third kappa shape index (κ3) is 3.19. The molecule has 1 aliphatic rings. The number of carbonyl (C=O) groups excluding carboxylic acids is 1. The van der Waals surface area contributed by atoms with Gasteiger partial charge >= 0.3 is 0 Å². The molecule has 0 aromatic carbocycles. The summed E-state index contributed by atoms with van der Waals surface area (Å²) in [6.07, 6.45) is 4.34. The number of hydrogen-bond acceptors (Lipinski definition) is 3. The van der Waals surface area contributed by atoms with Gasteiger partial charge in [0.15, 0.2) is 0 Å². The molecule has 4 heteroatoms. The molecule has 3 N–H and O–H groups in total. The highest BCUT2D eigenvalue weighted by molar-refractivity contribution is 5.81. The maximum absolute atomic E-state index is 11.8. The van der Waals surface area contributed by atoms with Crippen LogP contribution in [-0.2, 0) is 4.79 Å². The Morgan fingerprint density at radius 2 is 2.19 bits per heavy atom. The summed E-state index contributed by atoms with van der Waals surface area (Å²) in [7, 11) is 0. The minimum Gasteiger partial charge on any atom is -0.293 e. The molecule has 0 bridgehead atoms. The van der Waals surface area contributed by atoms with Crippen molar-refractivity contribution in [1.82, 2.24) is 10.3 Å². The zero-order valence-electron chi connectivity index (χ0n) is 10.7. The van der Waals surface area contributed by atoms with E-state index in [9.17, 15) is 4.79 Å². The van der Waals surface area contributed by atoms with Crippen LogP contribution in [0.2, 0.25) is 0 Å². The van der Waals surface area contributed by atoms with Crippen LogP contribution >= 0.6 is 0 Å². The monoisotopic (exact) mass is 227 g/mol. The highest BCUT2D eigenvalue weighted by Crippen LogP contribution is 2.25. The summed E-state index contributed by atoms with van der Waals surface area (Å²) < 4.78 is 0. The first-order chi connectivity index (χ1) is 7.60. The van der Waals surface area contributed by atoms with Crippen molar-refractivity contribution in [2.24, 2.45) is 11.8 Å². The van der Waals surface area contributed by atoms with Crippen molar-refractivity contribution in [2.45, 2.75) is 58.5 Å². The second-order valence-corrected chi connectivity index (χ2v) is 5.04. The van der Waals surface area contributed by atoms with Gasteiger partial charge in [0.05, 0.1) is 6.04 Å². The molecule has 16 heavy (non-hydrogen) atoms. The molecular formula is C12H25N3O. The number of hydrogen-bond donors (Lipinski definition) is 2. The van der Waals surface area contributed by atoms with Crippen molar-refractivity contribution >= 4 is 5.91 Å². The van der Waals surface area contributed by atoms with Gasteiger partial charge in [-0.25, -0.2) is 5.84 Å². The molecule has 1 aliphatic heterocycles. The van der Waals surface area contributed by atoms with Crippen LogP contribution in [0.4, 0.5) is 0 Å². The van der Waals surface area contributed by atoms with Crippen LogP contribution in [-0.4, -0.2) is 29.4 Å². The van der Waals surface area contributed by atoms with Crippen LogP contribution in [0.3, 0.4) is 0 Å². The van der Waals surface area contributed by atoms with Gasteiger partial charge in [-0.3, -0.25) is 15.1 Å². The van der Waals surface area contributed by atoms with Gasteiger partial charge in [-0.1, -0.05) is 20.3 Å². The SMILES string of the molecule is CCCC(C(=O)NN)N1CC(C)CCC1C. The maximum Gasteiger partial charge on any atom is 0.251 e. The van der Waals surface area contributed by atoms with Gasteiger partial charge in [0.1, 0.15) is 0 Å². The summed E-state index contributed by atoms with van der Waals surface area (Å²) >= 11 is 0. The number of likely N-dealkylation sites (tertiary alicyclic amines) is 1. The average molecular weight is 227 g/mol. The van der Waals surface area contributed by atoms with Crippen LogP contribution < -0.4 is 11.3 Å². The Labute approximate surface area is 98.5 Å². The lowest BCUT2D eigenvalue weighted by Crippen LogP contribution is -2.54. The minimum atomic E-state index is -0.0484. The van der Waals surface area contributed by atoms with Gasteiger partial charge in [-0.15, -0.1) is 0 Å². The second-order valence-electron chi connectivity index (χ2n) is 5.04. The van der Waals surface area contributed by atoms with Gasteiger partial charge in [0.25, 0.3) is 5.91 Å². The molecule has 3 unspecified atom stereocenters. The highest BCUT2D eigenvalue weighted by Gasteiger charge is 2.32. The van der Waals surface area contributed by atoms with Gasteiger partial charge in [0.2, 0.25) is 0 Å². The van der Waals surface area contributed by atoms with E-state index in [4.69, 9.17) is 5.84 Å². The fourth-order valence-corrected chi connectivity index (χ4v) is 2.57. The molecule has 0 radical (unpaired) electrons. The molecule has 0 saturated carbocycles. The molecule has 3 atom stereocenters. The topological polar surface area (TPSA) is 58.4 Å². The van der Waals surface area contributed by atoms with E-state index in [1.54, 1.807) is 0 Å². The first-order valence-electron chi connectivity index (χ1n) is 6.36. The quantitative estimate of drug-likeness (QED) is 0.432. The van der Waals surface area contributed by atoms with E-state index in [1.165, 1.54) is 12.8 Å². The molecule has 0 spiro atoms. The Kier molecular flexibility index (Phi) is 5.22. The van der Waals surface area contributed by atoms with Gasteiger partial charge < -0.3 is 0 Å². The molecule has 0 aliphatic carbocycles. The predicted molar refractivity (Wildman–Crippen MR) is 65.6 cm³/mol. The number of nitrogens with one attached hydrogen (secondary N) is 1. The normalized spacial score (nSPS) is 28.8. The largest absolute Gasteiger partial charge is 0.293 e. The van der Waals surface area contributed by atoms with E-state index in [-0.39, 0.29) is 11.9 Å². The molecule has 94 valence electrons. The van der Waals surface area contributed by atoms with Crippen molar-refractivity contribution in [3.8, 4) is 0 Å². The Balaban J connectivity index is 2.70. The smallest absolute Gasteiger partial charge is 0.251 e. The highest BCUT2D eigenvalue weighted by atomic mass is 16.2. The Hall–Kier alpha value is -0.610. The molecule has 1 saturated heterocycles. The molecule has 0 aromatic heterocycles. The van der Waals surface area contributed by atoms with Gasteiger partial charge in [0, 0.05) is 12.6 Å². The van der Waals surface area contributed by atoms with E-state index >= 15 is 0 Å². The van der Waals surface area contributed by atoms with E-state index in [2.05, 4.69) is 31.1 Å². The maximum atomic E-state index is 11.8. The molecule has 0 aromatic rings. The number of piperidine rings is 1. The van der Waals surface area contributed by atoms with Crippen LogP contribution in [0, 0.1) is 5.92 Å². The molecule has 1 heterocycles. The molecule has 1 fully saturated rings. The average Bonchev–Trinajstić information content (AvgIpc) is 2.28. The number of amides is 1. The van der Waals surface area contributed by atoms with Crippen LogP contribution in [0.5, 0.6) is 0 Å². The number of nitrogens with zero attached hydrogens (tertiary/aromatic N) is 1. The van der Waals surface area contributed by atoms with Crippen molar-refractivity contribution in [1.29, 1.82) is 0 Å². The Bertz CT molecular complexity index is 232. The molecule has 1 rings (SSSR count). The fourth-order valence-electron chi connectivity index (χ4n) is 2.57. The summed E-state index contributed by atoms with van der Waals surface area (Å²) in [5.74, 6) is 5.91. The minimum absolute atomic E-state index is 0.0391. The Morgan fingerprint density at radius 1 is 1.50 bits per heavy atom. The predicted octanol–water partition coefficient (Wildman–Crippen LogP) is 1.27. The third-order valence-electron chi connectivity index (χ3n) is 3.57. The van der Waals surface area contributed by atoms with E-state index in [0.29, 0.717) is 12.0 Å². The number of hydrazine groups is 1. The van der Waals surface area contributed by atoms with Crippen LogP contribution in [0.1, 0.15) is 46.5 Å². The zero-order chi connectivity index (χ0) is 12.1. The van der Waals surface area contributed by atoms with Crippen molar-refractivity contribution in [3.63, 3.8) is 0 Å². The lowest BCUT2D eigenvalue weighted by molar-refractivity contribution is -0.128. The molecule has 1 amide bonds. The zero-order valence-corrected chi connectivity index (χ0v) is 10.7. The third-order valence-corrected chi connectivity index (χ3v) is 3.57. The summed E-state index contributed by atoms with van der Waals surface area (Å²) in [6.45, 7) is 7.58. The standard InChI is InChI=1S/C12H25N3O/c1-4-5-11(12(16)14-13)15-8-9(2)6-7-10(15)3/h9-11H,4-8,13H2,1-3H3,(H,14,16). The lowest BCUT2D eigenvalue weighted by atomic mass is 9.92. The van der Waals surface area contributed by atoms with E-state index in [1.807, 2.05) is 0 Å². The van der Waals surface area contributed by atoms with E-state index < -0.39 is 0 Å². The lowest BCUT2D eigenvalue weighted by Gasteiger charge is -2.41. The van der Waals surface area contributed by atoms with Crippen LogP contribution in [0.15, 0.2) is 0 Å². The number of rotatable bonds is 4. The van der Waals surface area contributed by atoms with Crippen molar-refractivity contribution in [2.75, 3.05) is 6.54 Å². The number of carbonyl (C=O) groups is 1. The summed E-state index contributed by atoms with van der Waals surface area (Å²) in [5, 5.41) is 0. The summed E-state index contributed by atoms with van der Waals surface area (Å²) in [4.78, 5) is 14.1. The molecule has 4 nitrogen and oxygen atoms in total. The van der Waals surface area contributed by atoms with Crippen molar-refractivity contribution in [3.05, 3.63) is 0 Å². The Morgan fingerprint density at radius 3 is 2.75 bits per heavy atom. The second kappa shape index (κ2) is 6.21.